The number of aliphatic carboxylic acids is 3. The van der Waals surface area contributed by atoms with E-state index in [9.17, 15) is 53.7 Å². The molecule has 68 heavy (non-hydrogen) atoms. The maximum atomic E-state index is 14.3. The molecule has 7 rings (SSSR count). The first kappa shape index (κ1) is 48.8. The summed E-state index contributed by atoms with van der Waals surface area (Å²) in [5.41, 5.74) is 1.08. The van der Waals surface area contributed by atoms with E-state index in [4.69, 9.17) is 20.1 Å². The highest BCUT2D eigenvalue weighted by Crippen LogP contribution is 2.40. The molecule has 1 fully saturated rings. The molecule has 0 radical (unpaired) electrons. The molecule has 358 valence electrons. The van der Waals surface area contributed by atoms with E-state index in [0.717, 1.165) is 53.2 Å². The summed E-state index contributed by atoms with van der Waals surface area (Å²) in [6.07, 6.45) is 3.45. The van der Waals surface area contributed by atoms with Gasteiger partial charge in [0, 0.05) is 45.5 Å². The number of carbonyl (C=O) groups is 8. The van der Waals surface area contributed by atoms with Crippen LogP contribution in [0.5, 0.6) is 0 Å². The van der Waals surface area contributed by atoms with E-state index in [1.807, 2.05) is 0 Å². The molecule has 4 aliphatic rings. The largest absolute Gasteiger partial charge is 0.543 e. The Morgan fingerprint density at radius 2 is 1.59 bits per heavy atom. The van der Waals surface area contributed by atoms with Crippen molar-refractivity contribution in [3.63, 3.8) is 0 Å². The second kappa shape index (κ2) is 19.6. The highest BCUT2D eigenvalue weighted by molar-refractivity contribution is 8.00. The number of thioether (sulfide) groups is 2. The number of hydrogen-bond donors (Lipinski definition) is 7. The molecule has 0 saturated carbocycles. The number of anilines is 2. The fraction of sp³-hybridized carbons (Fsp3) is 0.359. The molecule has 25 nitrogen and oxygen atoms in total. The van der Waals surface area contributed by atoms with Gasteiger partial charge in [-0.15, -0.1) is 46.2 Å². The number of nitrogens with two attached hydrogens (primary N) is 1. The van der Waals surface area contributed by atoms with Gasteiger partial charge < -0.3 is 61.5 Å². The SMILES string of the molecule is CC(C)(O/N=C(\C(=O)NC(C(=O)Nc1nc(/C(=N/OC(C)(C)C(=O)O)C(=O)N[C@@H]2C(=O)N3C(C(=O)[O-])=C(C[n+]4ccccc4)CS[C@H]23)cs1)C1NC2=C(COC2=O)CS1)c1csc(N)n1)C(=O)O. The standard InChI is InChI=1S/C39H39N11O14S4/c1-38(2,34(58)59)63-47-21(18-14-67-36(40)41-18)26(51)43-23(29-45-20-17(13-65-29)11-62-33(20)57)28(53)46-37-42-19(15-68-37)22(48-64-39(3,4)35(60)61)27(52)44-24-30(54)50-25(32(55)56)16(12-66-31(24)50)10-49-8-6-5-7-9-49/h5-9,14-15,23-24,29,31,45H,10-13H2,1-4H3,(H7-,40,41,42,43,44,46,51,52,53,55,56,58,59,60,61)/b47-21-,48-22-/t23?,24-,29?,31-/m1/s1. The molecule has 0 bridgehead atoms. The van der Waals surface area contributed by atoms with Crippen molar-refractivity contribution in [2.24, 2.45) is 10.3 Å². The zero-order chi connectivity index (χ0) is 49.2. The molecule has 3 aromatic rings. The summed E-state index contributed by atoms with van der Waals surface area (Å²) in [5, 5.41) is 50.3. The lowest BCUT2D eigenvalue weighted by atomic mass is 10.0. The van der Waals surface area contributed by atoms with Crippen LogP contribution in [-0.2, 0) is 59.3 Å². The summed E-state index contributed by atoms with van der Waals surface area (Å²) in [6.45, 7) is 4.83. The molecule has 2 unspecified atom stereocenters. The van der Waals surface area contributed by atoms with Gasteiger partial charge in [0.2, 0.25) is 11.2 Å². The number of nitrogen functional groups attached to an aromatic ring is 1. The lowest BCUT2D eigenvalue weighted by molar-refractivity contribution is -0.689. The van der Waals surface area contributed by atoms with E-state index in [0.29, 0.717) is 11.1 Å². The first-order valence-corrected chi connectivity index (χ1v) is 23.7. The maximum absolute atomic E-state index is 14.3. The number of carboxylic acids is 3. The molecule has 0 aromatic carbocycles. The number of ether oxygens (including phenoxy) is 1. The lowest BCUT2D eigenvalue weighted by Crippen LogP contribution is -2.71. The number of β-lactam (4-membered cyclic amide) rings is 1. The smallest absolute Gasteiger partial charge is 0.354 e. The third-order valence-electron chi connectivity index (χ3n) is 10.1. The number of thiazole rings is 2. The molecular formula is C39H39N11O14S4. The molecule has 4 amide bonds. The van der Waals surface area contributed by atoms with Gasteiger partial charge in [0.1, 0.15) is 46.5 Å². The van der Waals surface area contributed by atoms with E-state index in [2.05, 4.69) is 41.5 Å². The third kappa shape index (κ3) is 10.4. The van der Waals surface area contributed by atoms with E-state index in [-0.39, 0.29) is 57.7 Å². The molecule has 7 heterocycles. The number of carbonyl (C=O) groups excluding carboxylic acids is 6. The van der Waals surface area contributed by atoms with Crippen LogP contribution in [0.1, 0.15) is 39.1 Å². The number of carboxylic acid groups (broad SMARTS) is 3. The Morgan fingerprint density at radius 1 is 0.956 bits per heavy atom. The van der Waals surface area contributed by atoms with Gasteiger partial charge in [-0.2, -0.15) is 0 Å². The van der Waals surface area contributed by atoms with Gasteiger partial charge in [-0.25, -0.2) is 28.9 Å². The van der Waals surface area contributed by atoms with Gasteiger partial charge in [0.25, 0.3) is 23.6 Å². The van der Waals surface area contributed by atoms with Crippen LogP contribution in [0.2, 0.25) is 0 Å². The van der Waals surface area contributed by atoms with Crippen LogP contribution in [0.3, 0.4) is 0 Å². The normalized spacial score (nSPS) is 19.9. The van der Waals surface area contributed by atoms with Crippen LogP contribution >= 0.6 is 46.2 Å². The van der Waals surface area contributed by atoms with Crippen LogP contribution in [0.4, 0.5) is 10.3 Å². The minimum Gasteiger partial charge on any atom is -0.543 e. The summed E-state index contributed by atoms with van der Waals surface area (Å²) >= 11 is 4.01. The van der Waals surface area contributed by atoms with Crippen LogP contribution in [0, 0.1) is 0 Å². The van der Waals surface area contributed by atoms with Crippen molar-refractivity contribution in [1.82, 2.24) is 30.8 Å². The number of aromatic nitrogens is 3. The lowest BCUT2D eigenvalue weighted by Gasteiger charge is -2.50. The number of hydrogen-bond acceptors (Lipinski definition) is 22. The highest BCUT2D eigenvalue weighted by atomic mass is 32.2. The number of pyridine rings is 1. The minimum absolute atomic E-state index is 0.00899. The van der Waals surface area contributed by atoms with Crippen molar-refractivity contribution in [2.45, 2.75) is 68.3 Å². The number of fused-ring (bicyclic) bond motifs is 1. The van der Waals surface area contributed by atoms with Crippen molar-refractivity contribution in [2.75, 3.05) is 29.2 Å². The van der Waals surface area contributed by atoms with Crippen LogP contribution < -0.4 is 36.7 Å². The summed E-state index contributed by atoms with van der Waals surface area (Å²) in [4.78, 5) is 124. The summed E-state index contributed by atoms with van der Waals surface area (Å²) < 4.78 is 6.85. The van der Waals surface area contributed by atoms with Crippen molar-refractivity contribution in [1.29, 1.82) is 0 Å². The van der Waals surface area contributed by atoms with Gasteiger partial charge in [0.15, 0.2) is 40.6 Å². The van der Waals surface area contributed by atoms with Gasteiger partial charge >= 0.3 is 17.9 Å². The van der Waals surface area contributed by atoms with Crippen LogP contribution in [-0.4, -0.2) is 136 Å². The third-order valence-corrected chi connectivity index (χ3v) is 14.2. The first-order chi connectivity index (χ1) is 32.1. The number of nitrogens with one attached hydrogen (secondary N) is 4. The number of esters is 1. The quantitative estimate of drug-likeness (QED) is 0.0246. The van der Waals surface area contributed by atoms with Gasteiger partial charge in [-0.1, -0.05) is 16.4 Å². The zero-order valence-electron chi connectivity index (χ0n) is 35.9. The molecular weight excluding hydrogens is 975 g/mol. The predicted octanol–water partition coefficient (Wildman–Crippen LogP) is -1.66. The van der Waals surface area contributed by atoms with Crippen LogP contribution in [0.25, 0.3) is 0 Å². The number of rotatable bonds is 18. The van der Waals surface area contributed by atoms with E-state index < -0.39 is 93.0 Å². The fourth-order valence-corrected chi connectivity index (χ4v) is 10.1. The van der Waals surface area contributed by atoms with Crippen molar-refractivity contribution >= 4 is 115 Å². The zero-order valence-corrected chi connectivity index (χ0v) is 39.1. The topological polar surface area (TPSA) is 360 Å². The van der Waals surface area contributed by atoms with Crippen molar-refractivity contribution in [3.8, 4) is 0 Å². The Hall–Kier alpha value is -7.11. The maximum Gasteiger partial charge on any atom is 0.354 e. The number of nitrogens with zero attached hydrogens (tertiary/aromatic N) is 6. The molecule has 4 atom stereocenters. The van der Waals surface area contributed by atoms with E-state index in [1.165, 1.54) is 36.4 Å². The number of amides is 4. The Labute approximate surface area is 400 Å². The summed E-state index contributed by atoms with van der Waals surface area (Å²) in [5.74, 6) is -8.65. The molecule has 4 aliphatic heterocycles. The molecule has 29 heteroatoms. The Kier molecular flexibility index (Phi) is 14.1. The van der Waals surface area contributed by atoms with Gasteiger partial charge in [-0.3, -0.25) is 24.1 Å². The van der Waals surface area contributed by atoms with Crippen LogP contribution in [0.15, 0.2) is 74.2 Å². The second-order valence-corrected chi connectivity index (χ2v) is 19.8. The summed E-state index contributed by atoms with van der Waals surface area (Å²) in [7, 11) is 0. The van der Waals surface area contributed by atoms with E-state index >= 15 is 0 Å². The Balaban J connectivity index is 1.14. The average molecular weight is 1010 g/mol. The second-order valence-electron chi connectivity index (χ2n) is 15.8. The number of oxime groups is 2. The van der Waals surface area contributed by atoms with Crippen molar-refractivity contribution in [3.05, 3.63) is 75.3 Å². The minimum atomic E-state index is -1.99. The van der Waals surface area contributed by atoms with Gasteiger partial charge in [-0.05, 0) is 27.7 Å². The first-order valence-electron chi connectivity index (χ1n) is 19.8. The van der Waals surface area contributed by atoms with E-state index in [1.54, 1.807) is 35.2 Å². The highest BCUT2D eigenvalue weighted by Gasteiger charge is 2.53. The fourth-order valence-electron chi connectivity index (χ4n) is 6.35. The monoisotopic (exact) mass is 1010 g/mol. The number of cyclic esters (lactones) is 1. The Bertz CT molecular complexity index is 2730. The molecule has 0 spiro atoms. The van der Waals surface area contributed by atoms with Crippen molar-refractivity contribution < 1.29 is 72.7 Å². The predicted molar refractivity (Wildman–Crippen MR) is 239 cm³/mol. The molecule has 3 aromatic heterocycles. The van der Waals surface area contributed by atoms with Gasteiger partial charge in [0.05, 0.1) is 11.7 Å². The average Bonchev–Trinajstić information content (AvgIpc) is 4.04. The molecule has 0 aliphatic carbocycles. The molecule has 1 saturated heterocycles. The Morgan fingerprint density at radius 3 is 2.21 bits per heavy atom. The summed E-state index contributed by atoms with van der Waals surface area (Å²) in [6, 6.07) is 2.43. The molecule has 8 N–H and O–H groups in total.